The molecular weight excluding hydrogens is 312 g/mol. The number of benzene rings is 1. The third-order valence-corrected chi connectivity index (χ3v) is 3.57. The molecule has 1 aromatic carbocycles. The molecule has 0 saturated heterocycles. The summed E-state index contributed by atoms with van der Waals surface area (Å²) in [7, 11) is 0. The van der Waals surface area contributed by atoms with Gasteiger partial charge < -0.3 is 11.1 Å². The zero-order valence-electron chi connectivity index (χ0n) is 10.7. The molecule has 0 bridgehead atoms. The smallest absolute Gasteiger partial charge is 0.253 e. The van der Waals surface area contributed by atoms with Gasteiger partial charge in [-0.1, -0.05) is 37.7 Å². The van der Waals surface area contributed by atoms with Gasteiger partial charge in [-0.25, -0.2) is 0 Å². The molecule has 1 rings (SSSR count). The first-order valence-electron chi connectivity index (χ1n) is 5.69. The summed E-state index contributed by atoms with van der Waals surface area (Å²) >= 11 is 8.34. The number of carbonyl (C=O) groups excluding carboxylic acids is 1. The van der Waals surface area contributed by atoms with E-state index in [1.165, 1.54) is 0 Å². The third-order valence-electron chi connectivity index (χ3n) is 2.63. The third kappa shape index (κ3) is 3.78. The first-order valence-corrected chi connectivity index (χ1v) is 6.89. The number of nitrogens with one attached hydrogen (secondary N) is 1. The molecule has 0 aromatic heterocycles. The zero-order valence-corrected chi connectivity index (χ0v) is 13.1. The van der Waals surface area contributed by atoms with Crippen molar-refractivity contribution in [2.24, 2.45) is 11.7 Å². The monoisotopic (exact) mass is 328 g/mol. The van der Waals surface area contributed by atoms with Crippen LogP contribution in [0.4, 0.5) is 0 Å². The number of aryl methyl sites for hydroxylation is 1. The Balaban J connectivity index is 2.94. The van der Waals surface area contributed by atoms with E-state index in [2.05, 4.69) is 21.2 Å². The largest absolute Gasteiger partial charge is 0.392 e. The average molecular weight is 329 g/mol. The number of hydrogen-bond donors (Lipinski definition) is 2. The van der Waals surface area contributed by atoms with E-state index >= 15 is 0 Å². The van der Waals surface area contributed by atoms with Gasteiger partial charge in [-0.3, -0.25) is 4.79 Å². The van der Waals surface area contributed by atoms with Crippen molar-refractivity contribution in [3.8, 4) is 0 Å². The van der Waals surface area contributed by atoms with E-state index < -0.39 is 0 Å². The fourth-order valence-electron chi connectivity index (χ4n) is 1.60. The number of thiocarbonyl (C=S) groups is 1. The van der Waals surface area contributed by atoms with Crippen molar-refractivity contribution in [2.75, 3.05) is 0 Å². The van der Waals surface area contributed by atoms with E-state index in [-0.39, 0.29) is 17.9 Å². The number of rotatable bonds is 4. The van der Waals surface area contributed by atoms with E-state index in [1.54, 1.807) is 0 Å². The molecule has 0 saturated carbocycles. The maximum Gasteiger partial charge on any atom is 0.253 e. The van der Waals surface area contributed by atoms with Crippen LogP contribution in [0.1, 0.15) is 29.8 Å². The van der Waals surface area contributed by atoms with Gasteiger partial charge in [-0.05, 0) is 40.9 Å². The molecule has 0 spiro atoms. The van der Waals surface area contributed by atoms with Gasteiger partial charge in [0.1, 0.15) is 0 Å². The summed E-state index contributed by atoms with van der Waals surface area (Å²) in [5.41, 5.74) is 7.26. The van der Waals surface area contributed by atoms with Crippen molar-refractivity contribution in [3.63, 3.8) is 0 Å². The Bertz CT molecular complexity index is 474. The number of halogens is 1. The van der Waals surface area contributed by atoms with Crippen LogP contribution in [-0.4, -0.2) is 16.9 Å². The second kappa shape index (κ2) is 6.29. The summed E-state index contributed by atoms with van der Waals surface area (Å²) < 4.78 is 0.760. The van der Waals surface area contributed by atoms with Gasteiger partial charge in [0, 0.05) is 4.47 Å². The molecule has 3 nitrogen and oxygen atoms in total. The first kappa shape index (κ1) is 15.1. The fourth-order valence-corrected chi connectivity index (χ4v) is 2.36. The summed E-state index contributed by atoms with van der Waals surface area (Å²) in [4.78, 5) is 12.5. The molecule has 0 aliphatic carbocycles. The Hall–Kier alpha value is -0.940. The SMILES string of the molecule is Cc1ccc(Br)c(C(=O)NC(C(N)=S)C(C)C)c1. The summed E-state index contributed by atoms with van der Waals surface area (Å²) in [6.07, 6.45) is 0. The van der Waals surface area contributed by atoms with E-state index in [1.807, 2.05) is 39.0 Å². The van der Waals surface area contributed by atoms with Crippen LogP contribution in [0.5, 0.6) is 0 Å². The van der Waals surface area contributed by atoms with Crippen LogP contribution >= 0.6 is 28.1 Å². The minimum atomic E-state index is -0.292. The topological polar surface area (TPSA) is 55.1 Å². The summed E-state index contributed by atoms with van der Waals surface area (Å²) in [6, 6.07) is 5.33. The highest BCUT2D eigenvalue weighted by Gasteiger charge is 2.20. The van der Waals surface area contributed by atoms with Gasteiger partial charge in [-0.2, -0.15) is 0 Å². The predicted molar refractivity (Wildman–Crippen MR) is 81.8 cm³/mol. The number of amides is 1. The minimum absolute atomic E-state index is 0.162. The van der Waals surface area contributed by atoms with Gasteiger partial charge in [0.2, 0.25) is 0 Å². The van der Waals surface area contributed by atoms with Gasteiger partial charge in [0.05, 0.1) is 16.6 Å². The minimum Gasteiger partial charge on any atom is -0.392 e. The Morgan fingerprint density at radius 1 is 1.44 bits per heavy atom. The zero-order chi connectivity index (χ0) is 13.9. The second-order valence-electron chi connectivity index (χ2n) is 4.58. The summed E-state index contributed by atoms with van der Waals surface area (Å²) in [5.74, 6) is -0.00731. The number of nitrogens with two attached hydrogens (primary N) is 1. The van der Waals surface area contributed by atoms with Crippen molar-refractivity contribution >= 4 is 39.0 Å². The molecule has 98 valence electrons. The predicted octanol–water partition coefficient (Wildman–Crippen LogP) is 2.80. The Morgan fingerprint density at radius 3 is 2.56 bits per heavy atom. The van der Waals surface area contributed by atoms with Crippen molar-refractivity contribution < 1.29 is 4.79 Å². The molecule has 5 heteroatoms. The molecule has 1 atom stereocenters. The van der Waals surface area contributed by atoms with Crippen LogP contribution < -0.4 is 11.1 Å². The lowest BCUT2D eigenvalue weighted by Gasteiger charge is -2.21. The molecule has 1 unspecified atom stereocenters. The lowest BCUT2D eigenvalue weighted by Crippen LogP contribution is -2.46. The van der Waals surface area contributed by atoms with Crippen LogP contribution in [0.2, 0.25) is 0 Å². The molecular formula is C13H17BrN2OS. The van der Waals surface area contributed by atoms with Crippen LogP contribution in [0, 0.1) is 12.8 Å². The van der Waals surface area contributed by atoms with Crippen LogP contribution in [-0.2, 0) is 0 Å². The van der Waals surface area contributed by atoms with Crippen molar-refractivity contribution in [1.29, 1.82) is 0 Å². The lowest BCUT2D eigenvalue weighted by atomic mass is 10.0. The highest BCUT2D eigenvalue weighted by molar-refractivity contribution is 9.10. The van der Waals surface area contributed by atoms with Crippen LogP contribution in [0.25, 0.3) is 0 Å². The van der Waals surface area contributed by atoms with E-state index in [0.29, 0.717) is 10.6 Å². The number of carbonyl (C=O) groups is 1. The van der Waals surface area contributed by atoms with Gasteiger partial charge in [0.15, 0.2) is 0 Å². The molecule has 0 aliphatic heterocycles. The normalized spacial score (nSPS) is 12.3. The van der Waals surface area contributed by atoms with E-state index in [9.17, 15) is 4.79 Å². The fraction of sp³-hybridized carbons (Fsp3) is 0.385. The maximum atomic E-state index is 12.2. The van der Waals surface area contributed by atoms with E-state index in [4.69, 9.17) is 18.0 Å². The quantitative estimate of drug-likeness (QED) is 0.835. The van der Waals surface area contributed by atoms with Gasteiger partial charge in [0.25, 0.3) is 5.91 Å². The lowest BCUT2D eigenvalue weighted by molar-refractivity contribution is 0.0939. The number of hydrogen-bond acceptors (Lipinski definition) is 2. The van der Waals surface area contributed by atoms with Crippen LogP contribution in [0.3, 0.4) is 0 Å². The summed E-state index contributed by atoms with van der Waals surface area (Å²) in [6.45, 7) is 5.88. The highest BCUT2D eigenvalue weighted by Crippen LogP contribution is 2.18. The van der Waals surface area contributed by atoms with Crippen molar-refractivity contribution in [1.82, 2.24) is 5.32 Å². The molecule has 0 heterocycles. The first-order chi connectivity index (χ1) is 8.32. The van der Waals surface area contributed by atoms with Crippen LogP contribution in [0.15, 0.2) is 22.7 Å². The Labute approximate surface area is 121 Å². The molecule has 0 radical (unpaired) electrons. The summed E-state index contributed by atoms with van der Waals surface area (Å²) in [5, 5.41) is 2.87. The standard InChI is InChI=1S/C13H17BrN2OS/c1-7(2)11(12(15)18)16-13(17)9-6-8(3)4-5-10(9)14/h4-7,11H,1-3H3,(H2,15,18)(H,16,17). The molecule has 1 aromatic rings. The molecule has 3 N–H and O–H groups in total. The second-order valence-corrected chi connectivity index (χ2v) is 5.91. The van der Waals surface area contributed by atoms with E-state index in [0.717, 1.165) is 10.0 Å². The van der Waals surface area contributed by atoms with Gasteiger partial charge >= 0.3 is 0 Å². The van der Waals surface area contributed by atoms with Crippen molar-refractivity contribution in [3.05, 3.63) is 33.8 Å². The van der Waals surface area contributed by atoms with Gasteiger partial charge in [-0.15, -0.1) is 0 Å². The Kier molecular flexibility index (Phi) is 5.28. The molecule has 18 heavy (non-hydrogen) atoms. The Morgan fingerprint density at radius 2 is 2.06 bits per heavy atom. The molecule has 0 aliphatic rings. The maximum absolute atomic E-state index is 12.2. The highest BCUT2D eigenvalue weighted by atomic mass is 79.9. The molecule has 1 amide bonds. The average Bonchev–Trinajstić information content (AvgIpc) is 2.28. The molecule has 0 fully saturated rings. The van der Waals surface area contributed by atoms with Crippen molar-refractivity contribution in [2.45, 2.75) is 26.8 Å².